The molecule has 2 heteroatoms. The maximum atomic E-state index is 3.45. The minimum Gasteiger partial charge on any atom is -0.312 e. The molecule has 1 aromatic carbocycles. The molecule has 96 valence electrons. The van der Waals surface area contributed by atoms with E-state index in [0.717, 1.165) is 6.54 Å². The van der Waals surface area contributed by atoms with Crippen LogP contribution in [0.3, 0.4) is 0 Å². The van der Waals surface area contributed by atoms with Crippen LogP contribution in [-0.4, -0.2) is 30.6 Å². The number of nitrogens with zero attached hydrogens (tertiary/aromatic N) is 1. The van der Waals surface area contributed by atoms with Gasteiger partial charge >= 0.3 is 0 Å². The van der Waals surface area contributed by atoms with E-state index in [1.54, 1.807) is 0 Å². The number of likely N-dealkylation sites (N-methyl/N-ethyl adjacent to an activating group) is 2. The Morgan fingerprint density at radius 3 is 2.12 bits per heavy atom. The van der Waals surface area contributed by atoms with Crippen molar-refractivity contribution in [3.05, 3.63) is 35.9 Å². The molecule has 17 heavy (non-hydrogen) atoms. The molecule has 2 atom stereocenters. The van der Waals surface area contributed by atoms with Crippen LogP contribution in [0.4, 0.5) is 0 Å². The van der Waals surface area contributed by atoms with E-state index < -0.39 is 0 Å². The molecule has 0 amide bonds. The Morgan fingerprint density at radius 2 is 1.71 bits per heavy atom. The van der Waals surface area contributed by atoms with Gasteiger partial charge in [0.1, 0.15) is 0 Å². The fourth-order valence-corrected chi connectivity index (χ4v) is 2.66. The van der Waals surface area contributed by atoms with E-state index in [-0.39, 0.29) is 0 Å². The van der Waals surface area contributed by atoms with Crippen LogP contribution in [0.1, 0.15) is 39.3 Å². The minimum absolute atomic E-state index is 0.388. The Morgan fingerprint density at radius 1 is 1.12 bits per heavy atom. The number of nitrogens with one attached hydrogen (secondary N) is 1. The quantitative estimate of drug-likeness (QED) is 0.814. The van der Waals surface area contributed by atoms with Crippen molar-refractivity contribution >= 4 is 0 Å². The van der Waals surface area contributed by atoms with Gasteiger partial charge in [-0.1, -0.05) is 37.3 Å². The van der Waals surface area contributed by atoms with E-state index >= 15 is 0 Å². The largest absolute Gasteiger partial charge is 0.312 e. The van der Waals surface area contributed by atoms with Crippen molar-refractivity contribution in [1.82, 2.24) is 10.2 Å². The molecule has 0 aliphatic rings. The maximum Gasteiger partial charge on any atom is 0.0473 e. The summed E-state index contributed by atoms with van der Waals surface area (Å²) < 4.78 is 0. The smallest absolute Gasteiger partial charge is 0.0473 e. The summed E-state index contributed by atoms with van der Waals surface area (Å²) >= 11 is 0. The topological polar surface area (TPSA) is 15.3 Å². The van der Waals surface area contributed by atoms with Gasteiger partial charge in [0, 0.05) is 18.1 Å². The summed E-state index contributed by atoms with van der Waals surface area (Å²) in [6.07, 6.45) is 0. The van der Waals surface area contributed by atoms with Gasteiger partial charge in [0.15, 0.2) is 0 Å². The summed E-state index contributed by atoms with van der Waals surface area (Å²) in [6, 6.07) is 12.1. The Hall–Kier alpha value is -0.860. The fourth-order valence-electron chi connectivity index (χ4n) is 2.66. The standard InChI is InChI=1S/C15H26N2/c1-6-17(12(2)3)13(4)15(16-5)14-10-8-7-9-11-14/h7-13,15-16H,6H2,1-5H3. The van der Waals surface area contributed by atoms with Crippen molar-refractivity contribution in [3.8, 4) is 0 Å². The van der Waals surface area contributed by atoms with Crippen LogP contribution in [0.15, 0.2) is 30.3 Å². The summed E-state index contributed by atoms with van der Waals surface area (Å²) in [7, 11) is 2.04. The second-order valence-corrected chi connectivity index (χ2v) is 4.84. The van der Waals surface area contributed by atoms with E-state index in [2.05, 4.69) is 68.2 Å². The van der Waals surface area contributed by atoms with Crippen molar-refractivity contribution in [2.75, 3.05) is 13.6 Å². The second kappa shape index (κ2) is 6.77. The van der Waals surface area contributed by atoms with Crippen molar-refractivity contribution in [3.63, 3.8) is 0 Å². The van der Waals surface area contributed by atoms with Crippen LogP contribution >= 0.6 is 0 Å². The lowest BCUT2D eigenvalue weighted by Gasteiger charge is -2.37. The predicted octanol–water partition coefficient (Wildman–Crippen LogP) is 3.07. The first-order chi connectivity index (χ1) is 8.11. The van der Waals surface area contributed by atoms with Crippen LogP contribution < -0.4 is 5.32 Å². The normalized spacial score (nSPS) is 15.2. The molecule has 0 aliphatic heterocycles. The van der Waals surface area contributed by atoms with Crippen molar-refractivity contribution in [1.29, 1.82) is 0 Å². The molecule has 1 N–H and O–H groups in total. The molecule has 0 radical (unpaired) electrons. The average Bonchev–Trinajstić information content (AvgIpc) is 2.31. The third-order valence-electron chi connectivity index (χ3n) is 3.50. The first kappa shape index (κ1) is 14.2. The monoisotopic (exact) mass is 234 g/mol. The van der Waals surface area contributed by atoms with Gasteiger partial charge in [-0.25, -0.2) is 0 Å². The average molecular weight is 234 g/mol. The zero-order valence-electron chi connectivity index (χ0n) is 11.8. The highest BCUT2D eigenvalue weighted by atomic mass is 15.2. The Bertz CT molecular complexity index is 308. The van der Waals surface area contributed by atoms with Gasteiger partial charge in [-0.2, -0.15) is 0 Å². The highest BCUT2D eigenvalue weighted by Crippen LogP contribution is 2.21. The molecule has 0 saturated heterocycles. The maximum absolute atomic E-state index is 3.45. The molecule has 2 unspecified atom stereocenters. The van der Waals surface area contributed by atoms with Crippen LogP contribution in [0.25, 0.3) is 0 Å². The van der Waals surface area contributed by atoms with E-state index in [1.807, 2.05) is 7.05 Å². The molecule has 0 heterocycles. The Kier molecular flexibility index (Phi) is 5.66. The van der Waals surface area contributed by atoms with Crippen molar-refractivity contribution < 1.29 is 0 Å². The molecule has 1 rings (SSSR count). The third-order valence-corrected chi connectivity index (χ3v) is 3.50. The lowest BCUT2D eigenvalue weighted by atomic mass is 9.98. The Labute approximate surface area is 106 Å². The summed E-state index contributed by atoms with van der Waals surface area (Å²) in [6.45, 7) is 10.1. The van der Waals surface area contributed by atoms with Crippen LogP contribution in [0.5, 0.6) is 0 Å². The second-order valence-electron chi connectivity index (χ2n) is 4.84. The predicted molar refractivity (Wildman–Crippen MR) is 75.2 cm³/mol. The van der Waals surface area contributed by atoms with E-state index in [1.165, 1.54) is 5.56 Å². The van der Waals surface area contributed by atoms with Gasteiger partial charge in [-0.05, 0) is 39.9 Å². The molecule has 0 fully saturated rings. The van der Waals surface area contributed by atoms with E-state index in [9.17, 15) is 0 Å². The fraction of sp³-hybridized carbons (Fsp3) is 0.600. The summed E-state index contributed by atoms with van der Waals surface area (Å²) in [5.41, 5.74) is 1.36. The van der Waals surface area contributed by atoms with Gasteiger partial charge in [-0.15, -0.1) is 0 Å². The third kappa shape index (κ3) is 3.55. The van der Waals surface area contributed by atoms with E-state index in [0.29, 0.717) is 18.1 Å². The minimum atomic E-state index is 0.388. The van der Waals surface area contributed by atoms with Gasteiger partial charge in [0.05, 0.1) is 0 Å². The van der Waals surface area contributed by atoms with Crippen LogP contribution in [0, 0.1) is 0 Å². The van der Waals surface area contributed by atoms with E-state index in [4.69, 9.17) is 0 Å². The first-order valence-corrected chi connectivity index (χ1v) is 6.59. The molecule has 0 saturated carbocycles. The number of hydrogen-bond donors (Lipinski definition) is 1. The molecule has 0 spiro atoms. The SMILES string of the molecule is CCN(C(C)C)C(C)C(NC)c1ccccc1. The van der Waals surface area contributed by atoms with Gasteiger partial charge in [0.2, 0.25) is 0 Å². The van der Waals surface area contributed by atoms with Crippen molar-refractivity contribution in [2.24, 2.45) is 0 Å². The first-order valence-electron chi connectivity index (χ1n) is 6.59. The van der Waals surface area contributed by atoms with Gasteiger partial charge in [0.25, 0.3) is 0 Å². The molecule has 1 aromatic rings. The zero-order valence-corrected chi connectivity index (χ0v) is 11.8. The molecule has 2 nitrogen and oxygen atoms in total. The summed E-state index contributed by atoms with van der Waals surface area (Å²) in [5, 5.41) is 3.45. The summed E-state index contributed by atoms with van der Waals surface area (Å²) in [5.74, 6) is 0. The molecule has 0 bridgehead atoms. The highest BCUT2D eigenvalue weighted by Gasteiger charge is 2.24. The Balaban J connectivity index is 2.87. The van der Waals surface area contributed by atoms with Crippen LogP contribution in [0.2, 0.25) is 0 Å². The zero-order chi connectivity index (χ0) is 12.8. The molecular weight excluding hydrogens is 208 g/mol. The highest BCUT2D eigenvalue weighted by molar-refractivity contribution is 5.20. The van der Waals surface area contributed by atoms with Crippen molar-refractivity contribution in [2.45, 2.75) is 45.8 Å². The number of benzene rings is 1. The van der Waals surface area contributed by atoms with Crippen LogP contribution in [-0.2, 0) is 0 Å². The van der Waals surface area contributed by atoms with Gasteiger partial charge in [-0.3, -0.25) is 4.90 Å². The number of rotatable bonds is 6. The molecular formula is C15H26N2. The lowest BCUT2D eigenvalue weighted by molar-refractivity contribution is 0.142. The molecule has 0 aliphatic carbocycles. The number of hydrogen-bond acceptors (Lipinski definition) is 2. The molecule has 0 aromatic heterocycles. The summed E-state index contributed by atoms with van der Waals surface area (Å²) in [4.78, 5) is 2.52. The lowest BCUT2D eigenvalue weighted by Crippen LogP contribution is -2.45. The van der Waals surface area contributed by atoms with Gasteiger partial charge < -0.3 is 5.32 Å².